The van der Waals surface area contributed by atoms with E-state index in [-0.39, 0.29) is 36.4 Å². The second-order valence-electron chi connectivity index (χ2n) is 6.48. The molecule has 0 bridgehead atoms. The van der Waals surface area contributed by atoms with Gasteiger partial charge >= 0.3 is 0 Å². The first-order valence-corrected chi connectivity index (χ1v) is 9.39. The highest BCUT2D eigenvalue weighted by molar-refractivity contribution is 14.0. The predicted molar refractivity (Wildman–Crippen MR) is 112 cm³/mol. The van der Waals surface area contributed by atoms with Gasteiger partial charge in [-0.25, -0.2) is 4.99 Å². The zero-order valence-corrected chi connectivity index (χ0v) is 17.7. The summed E-state index contributed by atoms with van der Waals surface area (Å²) in [6, 6.07) is 0.346. The summed E-state index contributed by atoms with van der Waals surface area (Å²) in [4.78, 5) is 18.8. The van der Waals surface area contributed by atoms with Gasteiger partial charge in [-0.15, -0.1) is 24.0 Å². The maximum atomic E-state index is 12.0. The molecular weight excluding hydrogens is 433 g/mol. The summed E-state index contributed by atoms with van der Waals surface area (Å²) >= 11 is 0. The van der Waals surface area contributed by atoms with E-state index in [1.54, 1.807) is 0 Å². The molecule has 1 saturated carbocycles. The Balaban J connectivity index is 0.00000312. The molecule has 7 nitrogen and oxygen atoms in total. The molecule has 25 heavy (non-hydrogen) atoms. The third kappa shape index (κ3) is 9.60. The number of nitrogens with one attached hydrogen (secondary N) is 3. The number of nitrogens with zero attached hydrogens (tertiary/aromatic N) is 2. The Kier molecular flexibility index (Phi) is 12.2. The van der Waals surface area contributed by atoms with Crippen LogP contribution in [0.2, 0.25) is 0 Å². The molecule has 146 valence electrons. The summed E-state index contributed by atoms with van der Waals surface area (Å²) in [7, 11) is 0. The van der Waals surface area contributed by atoms with Crippen LogP contribution in [0, 0.1) is 0 Å². The second kappa shape index (κ2) is 13.6. The first-order valence-electron chi connectivity index (χ1n) is 9.39. The minimum atomic E-state index is 0. The van der Waals surface area contributed by atoms with Gasteiger partial charge in [-0.2, -0.15) is 0 Å². The van der Waals surface area contributed by atoms with E-state index >= 15 is 0 Å². The number of halogens is 1. The average molecular weight is 467 g/mol. The SMILES string of the molecule is CCNC(=NCC(=O)NC1CCCCC1)NCCN1CCOCC1.I. The Hall–Kier alpha value is -0.610. The summed E-state index contributed by atoms with van der Waals surface area (Å²) < 4.78 is 5.35. The Morgan fingerprint density at radius 3 is 2.56 bits per heavy atom. The van der Waals surface area contributed by atoms with Crippen molar-refractivity contribution in [1.82, 2.24) is 20.9 Å². The maximum Gasteiger partial charge on any atom is 0.242 e. The van der Waals surface area contributed by atoms with Crippen LogP contribution in [-0.2, 0) is 9.53 Å². The van der Waals surface area contributed by atoms with Gasteiger partial charge in [-0.3, -0.25) is 9.69 Å². The number of hydrogen-bond donors (Lipinski definition) is 3. The van der Waals surface area contributed by atoms with Crippen molar-refractivity contribution in [2.75, 3.05) is 52.5 Å². The molecule has 0 aromatic carbocycles. The number of guanidine groups is 1. The Morgan fingerprint density at radius 2 is 1.88 bits per heavy atom. The fraction of sp³-hybridized carbons (Fsp3) is 0.882. The van der Waals surface area contributed by atoms with E-state index in [4.69, 9.17) is 4.74 Å². The smallest absolute Gasteiger partial charge is 0.242 e. The van der Waals surface area contributed by atoms with Crippen LogP contribution < -0.4 is 16.0 Å². The van der Waals surface area contributed by atoms with E-state index in [9.17, 15) is 4.79 Å². The normalized spacial score (nSPS) is 19.8. The van der Waals surface area contributed by atoms with Crippen molar-refractivity contribution in [3.63, 3.8) is 0 Å². The van der Waals surface area contributed by atoms with E-state index in [1.807, 2.05) is 6.92 Å². The van der Waals surface area contributed by atoms with Gasteiger partial charge < -0.3 is 20.7 Å². The number of hydrogen-bond acceptors (Lipinski definition) is 4. The topological polar surface area (TPSA) is 78.0 Å². The number of carbonyl (C=O) groups excluding carboxylic acids is 1. The van der Waals surface area contributed by atoms with Gasteiger partial charge in [0.05, 0.1) is 13.2 Å². The summed E-state index contributed by atoms with van der Waals surface area (Å²) in [5, 5.41) is 9.60. The molecule has 1 aliphatic carbocycles. The van der Waals surface area contributed by atoms with Gasteiger partial charge in [0, 0.05) is 38.8 Å². The van der Waals surface area contributed by atoms with E-state index in [2.05, 4.69) is 25.8 Å². The molecule has 8 heteroatoms. The lowest BCUT2D eigenvalue weighted by atomic mass is 9.95. The Morgan fingerprint density at radius 1 is 1.16 bits per heavy atom. The molecule has 0 aromatic heterocycles. The molecule has 0 atom stereocenters. The van der Waals surface area contributed by atoms with Crippen LogP contribution in [0.5, 0.6) is 0 Å². The van der Waals surface area contributed by atoms with E-state index in [1.165, 1.54) is 19.3 Å². The van der Waals surface area contributed by atoms with Crippen LogP contribution in [0.1, 0.15) is 39.0 Å². The summed E-state index contributed by atoms with van der Waals surface area (Å²) in [5.41, 5.74) is 0. The fourth-order valence-electron chi connectivity index (χ4n) is 3.17. The molecule has 0 radical (unpaired) electrons. The molecule has 0 aromatic rings. The predicted octanol–water partition coefficient (Wildman–Crippen LogP) is 0.941. The van der Waals surface area contributed by atoms with Crippen LogP contribution >= 0.6 is 24.0 Å². The molecule has 2 fully saturated rings. The lowest BCUT2D eigenvalue weighted by molar-refractivity contribution is -0.120. The molecule has 2 rings (SSSR count). The quantitative estimate of drug-likeness (QED) is 0.295. The lowest BCUT2D eigenvalue weighted by Crippen LogP contribution is -2.45. The highest BCUT2D eigenvalue weighted by Crippen LogP contribution is 2.17. The first-order chi connectivity index (χ1) is 11.8. The van der Waals surface area contributed by atoms with Gasteiger partial charge in [0.15, 0.2) is 5.96 Å². The standard InChI is InChI=1S/C17H33N5O2.HI/c1-2-18-17(19-8-9-22-10-12-24-13-11-22)20-14-16(23)21-15-6-4-3-5-7-15;/h15H,2-14H2,1H3,(H,21,23)(H2,18,19,20);1H. The monoisotopic (exact) mass is 467 g/mol. The zero-order valence-electron chi connectivity index (χ0n) is 15.4. The second-order valence-corrected chi connectivity index (χ2v) is 6.48. The van der Waals surface area contributed by atoms with Gasteiger partial charge in [0.2, 0.25) is 5.91 Å². The summed E-state index contributed by atoms with van der Waals surface area (Å²) in [5.74, 6) is 0.733. The van der Waals surface area contributed by atoms with Gasteiger partial charge in [0.1, 0.15) is 6.54 Å². The van der Waals surface area contributed by atoms with Crippen molar-refractivity contribution < 1.29 is 9.53 Å². The van der Waals surface area contributed by atoms with Crippen molar-refractivity contribution in [2.45, 2.75) is 45.1 Å². The summed E-state index contributed by atoms with van der Waals surface area (Å²) in [6.07, 6.45) is 5.95. The maximum absolute atomic E-state index is 12.0. The average Bonchev–Trinajstić information content (AvgIpc) is 2.61. The van der Waals surface area contributed by atoms with Gasteiger partial charge in [0.25, 0.3) is 0 Å². The number of rotatable bonds is 7. The zero-order chi connectivity index (χ0) is 17.0. The first kappa shape index (κ1) is 22.4. The van der Waals surface area contributed by atoms with E-state index in [0.717, 1.165) is 58.8 Å². The van der Waals surface area contributed by atoms with Crippen LogP contribution in [0.15, 0.2) is 4.99 Å². The molecular formula is C17H34IN5O2. The van der Waals surface area contributed by atoms with Crippen molar-refractivity contribution >= 4 is 35.8 Å². The Bertz CT molecular complexity index is 396. The Labute approximate surface area is 168 Å². The fourth-order valence-corrected chi connectivity index (χ4v) is 3.17. The molecule has 1 amide bonds. The van der Waals surface area contributed by atoms with Crippen LogP contribution in [0.25, 0.3) is 0 Å². The number of amides is 1. The van der Waals surface area contributed by atoms with Crippen LogP contribution in [0.4, 0.5) is 0 Å². The van der Waals surface area contributed by atoms with Crippen molar-refractivity contribution in [3.05, 3.63) is 0 Å². The highest BCUT2D eigenvalue weighted by atomic mass is 127. The molecule has 1 saturated heterocycles. The molecule has 2 aliphatic rings. The summed E-state index contributed by atoms with van der Waals surface area (Å²) in [6.45, 7) is 8.37. The largest absolute Gasteiger partial charge is 0.379 e. The van der Waals surface area contributed by atoms with Crippen LogP contribution in [0.3, 0.4) is 0 Å². The third-order valence-electron chi connectivity index (χ3n) is 4.52. The van der Waals surface area contributed by atoms with Crippen molar-refractivity contribution in [1.29, 1.82) is 0 Å². The van der Waals surface area contributed by atoms with Crippen molar-refractivity contribution in [3.8, 4) is 0 Å². The van der Waals surface area contributed by atoms with Gasteiger partial charge in [-0.1, -0.05) is 19.3 Å². The molecule has 0 spiro atoms. The van der Waals surface area contributed by atoms with Crippen molar-refractivity contribution in [2.24, 2.45) is 4.99 Å². The van der Waals surface area contributed by atoms with E-state index < -0.39 is 0 Å². The highest BCUT2D eigenvalue weighted by Gasteiger charge is 2.15. The minimum Gasteiger partial charge on any atom is -0.379 e. The van der Waals surface area contributed by atoms with Crippen LogP contribution in [-0.4, -0.2) is 75.3 Å². The lowest BCUT2D eigenvalue weighted by Gasteiger charge is -2.26. The number of carbonyl (C=O) groups is 1. The molecule has 0 unspecified atom stereocenters. The van der Waals surface area contributed by atoms with Gasteiger partial charge in [-0.05, 0) is 19.8 Å². The number of ether oxygens (including phenoxy) is 1. The third-order valence-corrected chi connectivity index (χ3v) is 4.52. The molecule has 1 heterocycles. The number of aliphatic imine (C=N–C) groups is 1. The van der Waals surface area contributed by atoms with E-state index in [0.29, 0.717) is 12.0 Å². The molecule has 1 aliphatic heterocycles. The molecule has 3 N–H and O–H groups in total. The number of morpholine rings is 1. The minimum absolute atomic E-state index is 0.